The Bertz CT molecular complexity index is 990. The third-order valence-electron chi connectivity index (χ3n) is 4.01. The van der Waals surface area contributed by atoms with Crippen LogP contribution in [0.5, 0.6) is 0 Å². The van der Waals surface area contributed by atoms with Crippen molar-refractivity contribution in [1.82, 2.24) is 9.97 Å². The van der Waals surface area contributed by atoms with Crippen molar-refractivity contribution >= 4 is 33.1 Å². The highest BCUT2D eigenvalue weighted by molar-refractivity contribution is 7.21. The van der Waals surface area contributed by atoms with Crippen LogP contribution in [0.2, 0.25) is 0 Å². The van der Waals surface area contributed by atoms with Gasteiger partial charge in [-0.2, -0.15) is 0 Å². The number of allylic oxidation sites excluding steroid dienone is 3. The molecule has 0 radical (unpaired) electrons. The van der Waals surface area contributed by atoms with Crippen LogP contribution in [-0.2, 0) is 9.53 Å². The molecule has 0 saturated carbocycles. The van der Waals surface area contributed by atoms with Crippen LogP contribution in [0.15, 0.2) is 66.7 Å². The lowest BCUT2D eigenvalue weighted by molar-refractivity contribution is -0.118. The van der Waals surface area contributed by atoms with Gasteiger partial charge in [0.1, 0.15) is 16.9 Å². The Hall–Kier alpha value is -2.99. The number of pyridine rings is 1. The summed E-state index contributed by atoms with van der Waals surface area (Å²) < 4.78 is 6.81. The van der Waals surface area contributed by atoms with Crippen molar-refractivity contribution in [3.63, 3.8) is 0 Å². The first kappa shape index (κ1) is 19.8. The van der Waals surface area contributed by atoms with Crippen molar-refractivity contribution in [2.75, 3.05) is 5.32 Å². The van der Waals surface area contributed by atoms with Crippen molar-refractivity contribution in [3.8, 4) is 10.6 Å². The van der Waals surface area contributed by atoms with Gasteiger partial charge in [0, 0.05) is 23.6 Å². The first-order valence-electron chi connectivity index (χ1n) is 9.15. The van der Waals surface area contributed by atoms with Crippen molar-refractivity contribution in [2.45, 2.75) is 33.3 Å². The van der Waals surface area contributed by atoms with Crippen LogP contribution in [0.4, 0.5) is 5.69 Å². The molecule has 3 rings (SSSR count). The van der Waals surface area contributed by atoms with Gasteiger partial charge < -0.3 is 10.1 Å². The maximum Gasteiger partial charge on any atom is 0.228 e. The van der Waals surface area contributed by atoms with Crippen LogP contribution >= 0.6 is 11.3 Å². The highest BCUT2D eigenvalue weighted by Crippen LogP contribution is 2.30. The summed E-state index contributed by atoms with van der Waals surface area (Å²) in [6, 6.07) is 9.61. The van der Waals surface area contributed by atoms with Gasteiger partial charge >= 0.3 is 0 Å². The standard InChI is InChI=1S/C22H23N3O2S/c1-4-7-18(5-2)27-15(3)12-21(26)24-17-9-6-8-16(13-17)22-25-19-10-11-23-14-20(19)28-22/h4-11,13-15H,12H2,1-3H3,(H,24,26)/b7-4-,18-5+. The van der Waals surface area contributed by atoms with E-state index < -0.39 is 0 Å². The van der Waals surface area contributed by atoms with E-state index in [2.05, 4.69) is 15.3 Å². The maximum absolute atomic E-state index is 12.4. The Balaban J connectivity index is 1.66. The molecule has 0 spiro atoms. The van der Waals surface area contributed by atoms with Crippen LogP contribution in [0.25, 0.3) is 20.8 Å². The Morgan fingerprint density at radius 3 is 2.93 bits per heavy atom. The third kappa shape index (κ3) is 5.04. The van der Waals surface area contributed by atoms with Gasteiger partial charge in [-0.25, -0.2) is 4.98 Å². The lowest BCUT2D eigenvalue weighted by Crippen LogP contribution is -2.19. The van der Waals surface area contributed by atoms with E-state index in [1.807, 2.05) is 75.5 Å². The Morgan fingerprint density at radius 2 is 2.18 bits per heavy atom. The number of benzene rings is 1. The molecular weight excluding hydrogens is 370 g/mol. The van der Waals surface area contributed by atoms with Crippen LogP contribution in [0.3, 0.4) is 0 Å². The zero-order valence-corrected chi connectivity index (χ0v) is 17.0. The number of fused-ring (bicyclic) bond motifs is 1. The molecule has 2 heterocycles. The molecule has 0 fully saturated rings. The van der Waals surface area contributed by atoms with Gasteiger partial charge in [-0.05, 0) is 51.1 Å². The second-order valence-corrected chi connectivity index (χ2v) is 7.35. The summed E-state index contributed by atoms with van der Waals surface area (Å²) in [5, 5.41) is 3.85. The second-order valence-electron chi connectivity index (χ2n) is 6.32. The summed E-state index contributed by atoms with van der Waals surface area (Å²) >= 11 is 1.58. The van der Waals surface area contributed by atoms with E-state index in [1.54, 1.807) is 17.5 Å². The lowest BCUT2D eigenvalue weighted by Gasteiger charge is -2.15. The Kier molecular flexibility index (Phi) is 6.55. The van der Waals surface area contributed by atoms with Crippen molar-refractivity contribution < 1.29 is 9.53 Å². The normalized spacial score (nSPS) is 13.0. The molecule has 1 aromatic carbocycles. The number of ether oxygens (including phenoxy) is 1. The molecule has 3 aromatic rings. The van der Waals surface area contributed by atoms with E-state index in [9.17, 15) is 4.79 Å². The highest BCUT2D eigenvalue weighted by atomic mass is 32.1. The summed E-state index contributed by atoms with van der Waals surface area (Å²) in [5.41, 5.74) is 2.63. The van der Waals surface area contributed by atoms with E-state index in [0.717, 1.165) is 32.2 Å². The predicted octanol–water partition coefficient (Wildman–Crippen LogP) is 5.57. The summed E-state index contributed by atoms with van der Waals surface area (Å²) in [6.07, 6.45) is 9.27. The molecule has 5 nitrogen and oxygen atoms in total. The molecule has 0 aliphatic rings. The van der Waals surface area contributed by atoms with Gasteiger partial charge in [0.25, 0.3) is 0 Å². The zero-order valence-electron chi connectivity index (χ0n) is 16.2. The molecule has 1 amide bonds. The van der Waals surface area contributed by atoms with E-state index in [0.29, 0.717) is 0 Å². The number of carbonyl (C=O) groups is 1. The van der Waals surface area contributed by atoms with Gasteiger partial charge in [-0.1, -0.05) is 18.2 Å². The molecule has 6 heteroatoms. The van der Waals surface area contributed by atoms with Gasteiger partial charge in [-0.3, -0.25) is 9.78 Å². The smallest absolute Gasteiger partial charge is 0.228 e. The average Bonchev–Trinajstić information content (AvgIpc) is 3.12. The van der Waals surface area contributed by atoms with E-state index in [4.69, 9.17) is 4.74 Å². The predicted molar refractivity (Wildman–Crippen MR) is 115 cm³/mol. The molecule has 1 atom stereocenters. The molecule has 28 heavy (non-hydrogen) atoms. The zero-order chi connectivity index (χ0) is 19.9. The minimum atomic E-state index is -0.220. The molecule has 0 saturated heterocycles. The first-order chi connectivity index (χ1) is 13.6. The summed E-state index contributed by atoms with van der Waals surface area (Å²) in [4.78, 5) is 21.2. The number of rotatable bonds is 7. The monoisotopic (exact) mass is 393 g/mol. The number of hydrogen-bond acceptors (Lipinski definition) is 5. The molecule has 2 aromatic heterocycles. The maximum atomic E-state index is 12.4. The van der Waals surface area contributed by atoms with Crippen molar-refractivity contribution in [1.29, 1.82) is 0 Å². The number of nitrogens with zero attached hydrogens (tertiary/aromatic N) is 2. The van der Waals surface area contributed by atoms with Crippen molar-refractivity contribution in [3.05, 3.63) is 66.7 Å². The quantitative estimate of drug-likeness (QED) is 0.421. The number of carbonyl (C=O) groups excluding carboxylic acids is 1. The van der Waals surface area contributed by atoms with E-state index >= 15 is 0 Å². The highest BCUT2D eigenvalue weighted by Gasteiger charge is 2.12. The Morgan fingerprint density at radius 1 is 1.32 bits per heavy atom. The van der Waals surface area contributed by atoms with Crippen LogP contribution in [-0.4, -0.2) is 22.0 Å². The van der Waals surface area contributed by atoms with Crippen molar-refractivity contribution in [2.24, 2.45) is 0 Å². The molecule has 1 unspecified atom stereocenters. The molecule has 1 N–H and O–H groups in total. The second kappa shape index (κ2) is 9.28. The number of amides is 1. The largest absolute Gasteiger partial charge is 0.491 e. The lowest BCUT2D eigenvalue weighted by atomic mass is 10.2. The fourth-order valence-electron chi connectivity index (χ4n) is 2.75. The van der Waals surface area contributed by atoms with Gasteiger partial charge in [-0.15, -0.1) is 11.3 Å². The fourth-order valence-corrected chi connectivity index (χ4v) is 3.68. The summed E-state index contributed by atoms with van der Waals surface area (Å²) in [6.45, 7) is 5.73. The molecule has 144 valence electrons. The van der Waals surface area contributed by atoms with Crippen LogP contribution in [0.1, 0.15) is 27.2 Å². The number of aromatic nitrogens is 2. The number of thiazole rings is 1. The van der Waals surface area contributed by atoms with Gasteiger partial charge in [0.2, 0.25) is 5.91 Å². The Labute approximate surface area is 168 Å². The minimum absolute atomic E-state index is 0.0888. The number of anilines is 1. The third-order valence-corrected chi connectivity index (χ3v) is 5.06. The van der Waals surface area contributed by atoms with E-state index in [1.165, 1.54) is 0 Å². The van der Waals surface area contributed by atoms with Crippen LogP contribution < -0.4 is 5.32 Å². The van der Waals surface area contributed by atoms with Crippen LogP contribution in [0, 0.1) is 0 Å². The number of nitrogens with one attached hydrogen (secondary N) is 1. The molecule has 0 aliphatic carbocycles. The first-order valence-corrected chi connectivity index (χ1v) is 9.97. The summed E-state index contributed by atoms with van der Waals surface area (Å²) in [7, 11) is 0. The molecule has 0 bridgehead atoms. The average molecular weight is 394 g/mol. The number of hydrogen-bond donors (Lipinski definition) is 1. The minimum Gasteiger partial charge on any atom is -0.491 e. The molecule has 0 aliphatic heterocycles. The molecular formula is C22H23N3O2S. The van der Waals surface area contributed by atoms with Gasteiger partial charge in [0.05, 0.1) is 16.6 Å². The fraction of sp³-hybridized carbons (Fsp3) is 0.227. The van der Waals surface area contributed by atoms with Gasteiger partial charge in [0.15, 0.2) is 0 Å². The topological polar surface area (TPSA) is 64.1 Å². The SMILES string of the molecule is C/C=C\C(=C/C)OC(C)CC(=O)Nc1cccc(-c2nc3ccncc3s2)c1. The summed E-state index contributed by atoms with van der Waals surface area (Å²) in [5.74, 6) is 0.671. The van der Waals surface area contributed by atoms with E-state index in [-0.39, 0.29) is 18.4 Å².